The van der Waals surface area contributed by atoms with Crippen LogP contribution in [0.5, 0.6) is 0 Å². The van der Waals surface area contributed by atoms with Gasteiger partial charge in [-0.2, -0.15) is 0 Å². The number of nitrogens with zero attached hydrogens (tertiary/aromatic N) is 1. The van der Waals surface area contributed by atoms with Crippen LogP contribution in [0.1, 0.15) is 38.2 Å². The first-order valence-corrected chi connectivity index (χ1v) is 7.19. The number of benzene rings is 1. The van der Waals surface area contributed by atoms with Crippen LogP contribution in [0.3, 0.4) is 0 Å². The Morgan fingerprint density at radius 3 is 2.75 bits per heavy atom. The number of Topliss-reactive ketones (excluding diaryl/α,β-unsaturated/α-hetero) is 1. The predicted molar refractivity (Wildman–Crippen MR) is 76.3 cm³/mol. The Morgan fingerprint density at radius 2 is 2.05 bits per heavy atom. The molecule has 0 N–H and O–H groups in total. The average Bonchev–Trinajstić information content (AvgIpc) is 2.94. The van der Waals surface area contributed by atoms with E-state index >= 15 is 0 Å². The number of rotatable bonds is 5. The predicted octanol–water partition coefficient (Wildman–Crippen LogP) is 3.16. The summed E-state index contributed by atoms with van der Waals surface area (Å²) in [6.07, 6.45) is 2.52. The van der Waals surface area contributed by atoms with Crippen LogP contribution in [0.2, 0.25) is 0 Å². The second-order valence-corrected chi connectivity index (χ2v) is 5.13. The molecular formula is C16H21NO3. The number of carbonyl (C=O) groups is 2. The highest BCUT2D eigenvalue weighted by Crippen LogP contribution is 2.22. The highest BCUT2D eigenvalue weighted by molar-refractivity contribution is 5.79. The molecule has 0 aliphatic carbocycles. The van der Waals surface area contributed by atoms with Gasteiger partial charge in [-0.05, 0) is 18.4 Å². The molecule has 0 saturated carbocycles. The lowest BCUT2D eigenvalue weighted by molar-refractivity contribution is -0.119. The second kappa shape index (κ2) is 7.08. The van der Waals surface area contributed by atoms with Gasteiger partial charge in [0.15, 0.2) is 0 Å². The smallest absolute Gasteiger partial charge is 0.410 e. The second-order valence-electron chi connectivity index (χ2n) is 5.13. The van der Waals surface area contributed by atoms with Crippen molar-refractivity contribution < 1.29 is 14.3 Å². The molecule has 0 aromatic heterocycles. The Hall–Kier alpha value is -1.84. The molecule has 4 nitrogen and oxygen atoms in total. The van der Waals surface area contributed by atoms with Gasteiger partial charge in [-0.15, -0.1) is 0 Å². The van der Waals surface area contributed by atoms with E-state index in [9.17, 15) is 9.59 Å². The Kier molecular flexibility index (Phi) is 5.16. The Labute approximate surface area is 119 Å². The SMILES string of the molecule is CCC(=O)CC1CCCN1C(=O)OCc1ccccc1. The fourth-order valence-electron chi connectivity index (χ4n) is 2.50. The third kappa shape index (κ3) is 3.83. The number of hydrogen-bond acceptors (Lipinski definition) is 3. The van der Waals surface area contributed by atoms with Gasteiger partial charge in [-0.3, -0.25) is 4.79 Å². The maximum Gasteiger partial charge on any atom is 0.410 e. The van der Waals surface area contributed by atoms with E-state index in [2.05, 4.69) is 0 Å². The van der Waals surface area contributed by atoms with Gasteiger partial charge < -0.3 is 9.64 Å². The van der Waals surface area contributed by atoms with E-state index in [0.29, 0.717) is 19.4 Å². The van der Waals surface area contributed by atoms with Crippen LogP contribution >= 0.6 is 0 Å². The molecule has 20 heavy (non-hydrogen) atoms. The molecule has 108 valence electrons. The third-order valence-corrected chi connectivity index (χ3v) is 3.67. The monoisotopic (exact) mass is 275 g/mol. The normalized spacial score (nSPS) is 18.1. The minimum Gasteiger partial charge on any atom is -0.445 e. The van der Waals surface area contributed by atoms with E-state index in [1.807, 2.05) is 37.3 Å². The lowest BCUT2D eigenvalue weighted by Gasteiger charge is -2.23. The van der Waals surface area contributed by atoms with E-state index in [0.717, 1.165) is 18.4 Å². The molecule has 1 unspecified atom stereocenters. The first kappa shape index (κ1) is 14.6. The molecule has 1 heterocycles. The van der Waals surface area contributed by atoms with Gasteiger partial charge in [-0.1, -0.05) is 37.3 Å². The number of likely N-dealkylation sites (tertiary alicyclic amines) is 1. The first-order valence-electron chi connectivity index (χ1n) is 7.19. The molecule has 1 aliphatic rings. The molecule has 0 spiro atoms. The lowest BCUT2D eigenvalue weighted by Crippen LogP contribution is -2.37. The molecule has 0 radical (unpaired) electrons. The molecule has 1 saturated heterocycles. The highest BCUT2D eigenvalue weighted by atomic mass is 16.6. The van der Waals surface area contributed by atoms with Crippen molar-refractivity contribution in [2.45, 2.75) is 45.3 Å². The molecule has 1 amide bonds. The first-order chi connectivity index (χ1) is 9.70. The zero-order valence-corrected chi connectivity index (χ0v) is 11.9. The summed E-state index contributed by atoms with van der Waals surface area (Å²) in [5.41, 5.74) is 0.973. The molecular weight excluding hydrogens is 254 g/mol. The summed E-state index contributed by atoms with van der Waals surface area (Å²) >= 11 is 0. The lowest BCUT2D eigenvalue weighted by atomic mass is 10.1. The molecule has 1 aliphatic heterocycles. The molecule has 4 heteroatoms. The van der Waals surface area contributed by atoms with Crippen molar-refractivity contribution in [2.75, 3.05) is 6.54 Å². The van der Waals surface area contributed by atoms with Crippen molar-refractivity contribution in [3.63, 3.8) is 0 Å². The largest absolute Gasteiger partial charge is 0.445 e. The summed E-state index contributed by atoms with van der Waals surface area (Å²) in [7, 11) is 0. The zero-order chi connectivity index (χ0) is 14.4. The van der Waals surface area contributed by atoms with Gasteiger partial charge in [0, 0.05) is 25.4 Å². The van der Waals surface area contributed by atoms with Gasteiger partial charge in [0.2, 0.25) is 0 Å². The Bertz CT molecular complexity index is 458. The van der Waals surface area contributed by atoms with Gasteiger partial charge in [0.1, 0.15) is 12.4 Å². The maximum atomic E-state index is 12.1. The van der Waals surface area contributed by atoms with E-state index in [1.54, 1.807) is 4.90 Å². The summed E-state index contributed by atoms with van der Waals surface area (Å²) in [5.74, 6) is 0.206. The Morgan fingerprint density at radius 1 is 1.30 bits per heavy atom. The van der Waals surface area contributed by atoms with E-state index in [-0.39, 0.29) is 24.5 Å². The minimum atomic E-state index is -0.305. The van der Waals surface area contributed by atoms with Crippen LogP contribution in [0.15, 0.2) is 30.3 Å². The van der Waals surface area contributed by atoms with Crippen molar-refractivity contribution in [3.05, 3.63) is 35.9 Å². The van der Waals surface area contributed by atoms with Gasteiger partial charge in [-0.25, -0.2) is 4.79 Å². The molecule has 1 aromatic carbocycles. The highest BCUT2D eigenvalue weighted by Gasteiger charge is 2.30. The van der Waals surface area contributed by atoms with Crippen LogP contribution in [-0.2, 0) is 16.1 Å². The molecule has 2 rings (SSSR count). The van der Waals surface area contributed by atoms with Crippen LogP contribution in [0.4, 0.5) is 4.79 Å². The fraction of sp³-hybridized carbons (Fsp3) is 0.500. The number of carbonyl (C=O) groups excluding carboxylic acids is 2. The number of ketones is 1. The number of hydrogen-bond donors (Lipinski definition) is 0. The number of amides is 1. The molecule has 1 aromatic rings. The van der Waals surface area contributed by atoms with Crippen LogP contribution < -0.4 is 0 Å². The van der Waals surface area contributed by atoms with Crippen LogP contribution in [0, 0.1) is 0 Å². The topological polar surface area (TPSA) is 46.6 Å². The summed E-state index contributed by atoms with van der Waals surface area (Å²) < 4.78 is 5.33. The zero-order valence-electron chi connectivity index (χ0n) is 11.9. The quantitative estimate of drug-likeness (QED) is 0.829. The standard InChI is InChI=1S/C16H21NO3/c1-2-15(18)11-14-9-6-10-17(14)16(19)20-12-13-7-4-3-5-8-13/h3-5,7-8,14H,2,6,9-12H2,1H3. The molecule has 1 atom stereocenters. The van der Waals surface area contributed by atoms with Gasteiger partial charge in [0.25, 0.3) is 0 Å². The van der Waals surface area contributed by atoms with Crippen molar-refractivity contribution >= 4 is 11.9 Å². The molecule has 0 bridgehead atoms. The summed E-state index contributed by atoms with van der Waals surface area (Å²) in [5, 5.41) is 0. The Balaban J connectivity index is 1.86. The summed E-state index contributed by atoms with van der Waals surface area (Å²) in [4.78, 5) is 25.3. The number of ether oxygens (including phenoxy) is 1. The van der Waals surface area contributed by atoms with Crippen molar-refractivity contribution in [3.8, 4) is 0 Å². The van der Waals surface area contributed by atoms with Crippen LogP contribution in [-0.4, -0.2) is 29.4 Å². The summed E-state index contributed by atoms with van der Waals surface area (Å²) in [6.45, 7) is 2.83. The van der Waals surface area contributed by atoms with Crippen molar-refractivity contribution in [2.24, 2.45) is 0 Å². The van der Waals surface area contributed by atoms with Gasteiger partial charge >= 0.3 is 6.09 Å². The summed E-state index contributed by atoms with van der Waals surface area (Å²) in [6, 6.07) is 9.64. The van der Waals surface area contributed by atoms with E-state index in [4.69, 9.17) is 4.74 Å². The van der Waals surface area contributed by atoms with Crippen molar-refractivity contribution in [1.82, 2.24) is 4.90 Å². The van der Waals surface area contributed by atoms with E-state index in [1.165, 1.54) is 0 Å². The van der Waals surface area contributed by atoms with Crippen LogP contribution in [0.25, 0.3) is 0 Å². The maximum absolute atomic E-state index is 12.1. The fourth-order valence-corrected chi connectivity index (χ4v) is 2.50. The van der Waals surface area contributed by atoms with E-state index < -0.39 is 0 Å². The minimum absolute atomic E-state index is 0.0192. The third-order valence-electron chi connectivity index (χ3n) is 3.67. The van der Waals surface area contributed by atoms with Crippen molar-refractivity contribution in [1.29, 1.82) is 0 Å². The average molecular weight is 275 g/mol. The molecule has 1 fully saturated rings. The van der Waals surface area contributed by atoms with Gasteiger partial charge in [0.05, 0.1) is 0 Å².